The van der Waals surface area contributed by atoms with Crippen molar-refractivity contribution >= 4 is 5.91 Å². The number of amides is 1. The van der Waals surface area contributed by atoms with Crippen molar-refractivity contribution in [3.05, 3.63) is 58.7 Å². The second kappa shape index (κ2) is 8.54. The van der Waals surface area contributed by atoms with E-state index in [1.54, 1.807) is 14.2 Å². The van der Waals surface area contributed by atoms with E-state index >= 15 is 0 Å². The van der Waals surface area contributed by atoms with Gasteiger partial charge in [-0.2, -0.15) is 0 Å². The molecule has 1 fully saturated rings. The number of ether oxygens (including phenoxy) is 2. The van der Waals surface area contributed by atoms with Crippen LogP contribution < -0.4 is 14.8 Å². The molecule has 1 amide bonds. The highest BCUT2D eigenvalue weighted by Gasteiger charge is 2.35. The number of benzene rings is 2. The lowest BCUT2D eigenvalue weighted by atomic mass is 9.82. The summed E-state index contributed by atoms with van der Waals surface area (Å²) >= 11 is 0. The molecule has 0 radical (unpaired) electrons. The Labute approximate surface area is 184 Å². The zero-order valence-corrected chi connectivity index (χ0v) is 18.5. The summed E-state index contributed by atoms with van der Waals surface area (Å²) in [7, 11) is 3.38. The number of methoxy groups -OCH3 is 2. The van der Waals surface area contributed by atoms with E-state index in [0.717, 1.165) is 63.1 Å². The van der Waals surface area contributed by atoms with Crippen LogP contribution >= 0.6 is 0 Å². The first kappa shape index (κ1) is 20.4. The fourth-order valence-corrected chi connectivity index (χ4v) is 5.66. The standard InChI is InChI=1S/C26H32N2O3/c1-30-24-13-20-12-23-15-22(9-10-28(23)16-21(20)14-25(24)31-2)27-26(29)19-8-7-17-5-3-4-6-18(17)11-19/h3-6,13-14,19,22-23H,7-12,15-16H2,1-2H3,(H,27,29)/t19?,22-,23-/m1/s1. The van der Waals surface area contributed by atoms with Crippen molar-refractivity contribution in [2.75, 3.05) is 20.8 Å². The minimum absolute atomic E-state index is 0.108. The fourth-order valence-electron chi connectivity index (χ4n) is 5.66. The Hall–Kier alpha value is -2.53. The summed E-state index contributed by atoms with van der Waals surface area (Å²) in [4.78, 5) is 15.6. The number of nitrogens with one attached hydrogen (secondary N) is 1. The molecule has 1 unspecified atom stereocenters. The average molecular weight is 421 g/mol. The summed E-state index contributed by atoms with van der Waals surface area (Å²) in [5.41, 5.74) is 5.43. The fraction of sp³-hybridized carbons (Fsp3) is 0.500. The molecule has 5 rings (SSSR count). The number of fused-ring (bicyclic) bond motifs is 3. The normalized spacial score (nSPS) is 25.0. The Morgan fingerprint density at radius 2 is 1.71 bits per heavy atom. The molecule has 5 heteroatoms. The van der Waals surface area contributed by atoms with Crippen molar-refractivity contribution in [1.29, 1.82) is 0 Å². The van der Waals surface area contributed by atoms with Gasteiger partial charge in [-0.05, 0) is 72.9 Å². The monoisotopic (exact) mass is 420 g/mol. The van der Waals surface area contributed by atoms with Gasteiger partial charge in [-0.1, -0.05) is 24.3 Å². The van der Waals surface area contributed by atoms with Crippen molar-refractivity contribution < 1.29 is 14.3 Å². The molecule has 1 saturated heterocycles. The van der Waals surface area contributed by atoms with E-state index < -0.39 is 0 Å². The molecule has 5 nitrogen and oxygen atoms in total. The Morgan fingerprint density at radius 1 is 0.968 bits per heavy atom. The minimum atomic E-state index is 0.108. The molecule has 164 valence electrons. The van der Waals surface area contributed by atoms with Gasteiger partial charge in [0.05, 0.1) is 14.2 Å². The van der Waals surface area contributed by atoms with E-state index in [1.807, 2.05) is 0 Å². The Bertz CT molecular complexity index is 973. The number of piperidine rings is 1. The lowest BCUT2D eigenvalue weighted by molar-refractivity contribution is -0.126. The van der Waals surface area contributed by atoms with Gasteiger partial charge >= 0.3 is 0 Å². The number of nitrogens with zero attached hydrogens (tertiary/aromatic N) is 1. The Balaban J connectivity index is 1.23. The molecule has 0 aromatic heterocycles. The molecule has 31 heavy (non-hydrogen) atoms. The highest BCUT2D eigenvalue weighted by atomic mass is 16.5. The molecule has 1 aliphatic carbocycles. The van der Waals surface area contributed by atoms with Crippen LogP contribution in [0.1, 0.15) is 41.5 Å². The molecule has 1 N–H and O–H groups in total. The molecule has 0 spiro atoms. The highest BCUT2D eigenvalue weighted by molar-refractivity contribution is 5.79. The van der Waals surface area contributed by atoms with Crippen LogP contribution in [0.2, 0.25) is 0 Å². The largest absolute Gasteiger partial charge is 0.493 e. The molecule has 0 bridgehead atoms. The molecular weight excluding hydrogens is 388 g/mol. The maximum absolute atomic E-state index is 13.0. The molecule has 0 saturated carbocycles. The number of hydrogen-bond acceptors (Lipinski definition) is 4. The van der Waals surface area contributed by atoms with Crippen LogP contribution in [0.15, 0.2) is 36.4 Å². The third-order valence-corrected chi connectivity index (χ3v) is 7.44. The number of aryl methyl sites for hydroxylation is 1. The van der Waals surface area contributed by atoms with Crippen molar-refractivity contribution in [3.8, 4) is 11.5 Å². The third kappa shape index (κ3) is 4.03. The predicted octanol–water partition coefficient (Wildman–Crippen LogP) is 3.51. The lowest BCUT2D eigenvalue weighted by Gasteiger charge is -2.43. The summed E-state index contributed by atoms with van der Waals surface area (Å²) in [6, 6.07) is 13.6. The van der Waals surface area contributed by atoms with E-state index in [-0.39, 0.29) is 17.9 Å². The van der Waals surface area contributed by atoms with Gasteiger partial charge in [0, 0.05) is 31.1 Å². The van der Waals surface area contributed by atoms with Gasteiger partial charge in [-0.3, -0.25) is 9.69 Å². The van der Waals surface area contributed by atoms with Crippen LogP contribution in [0.4, 0.5) is 0 Å². The summed E-state index contributed by atoms with van der Waals surface area (Å²) in [5.74, 6) is 1.95. The predicted molar refractivity (Wildman–Crippen MR) is 121 cm³/mol. The average Bonchev–Trinajstić information content (AvgIpc) is 2.81. The second-order valence-corrected chi connectivity index (χ2v) is 9.24. The van der Waals surface area contributed by atoms with Gasteiger partial charge in [-0.15, -0.1) is 0 Å². The summed E-state index contributed by atoms with van der Waals surface area (Å²) < 4.78 is 11.0. The van der Waals surface area contributed by atoms with E-state index in [0.29, 0.717) is 6.04 Å². The van der Waals surface area contributed by atoms with Crippen molar-refractivity contribution in [3.63, 3.8) is 0 Å². The van der Waals surface area contributed by atoms with E-state index in [4.69, 9.17) is 9.47 Å². The van der Waals surface area contributed by atoms with Crippen LogP contribution in [0.3, 0.4) is 0 Å². The van der Waals surface area contributed by atoms with Gasteiger partial charge in [-0.25, -0.2) is 0 Å². The van der Waals surface area contributed by atoms with Crippen molar-refractivity contribution in [2.24, 2.45) is 5.92 Å². The highest BCUT2D eigenvalue weighted by Crippen LogP contribution is 2.37. The van der Waals surface area contributed by atoms with Crippen LogP contribution in [-0.4, -0.2) is 43.7 Å². The smallest absolute Gasteiger partial charge is 0.223 e. The maximum atomic E-state index is 13.0. The first-order valence-electron chi connectivity index (χ1n) is 11.5. The molecular formula is C26H32N2O3. The number of hydrogen-bond donors (Lipinski definition) is 1. The van der Waals surface area contributed by atoms with Crippen LogP contribution in [0, 0.1) is 5.92 Å². The number of carbonyl (C=O) groups excluding carboxylic acids is 1. The van der Waals surface area contributed by atoms with Gasteiger partial charge in [0.2, 0.25) is 5.91 Å². The van der Waals surface area contributed by atoms with Gasteiger partial charge in [0.15, 0.2) is 11.5 Å². The SMILES string of the molecule is COc1cc2c(cc1OC)CN1CC[C@@H](NC(=O)C3CCc4ccccc4C3)C[C@H]1C2. The van der Waals surface area contributed by atoms with Gasteiger partial charge in [0.25, 0.3) is 0 Å². The zero-order valence-electron chi connectivity index (χ0n) is 18.5. The van der Waals surface area contributed by atoms with E-state index in [9.17, 15) is 4.79 Å². The van der Waals surface area contributed by atoms with E-state index in [1.165, 1.54) is 22.3 Å². The molecule has 3 atom stereocenters. The summed E-state index contributed by atoms with van der Waals surface area (Å²) in [5, 5.41) is 3.41. The quantitative estimate of drug-likeness (QED) is 0.822. The van der Waals surface area contributed by atoms with Crippen LogP contribution in [-0.2, 0) is 30.6 Å². The van der Waals surface area contributed by atoms with Gasteiger partial charge in [0.1, 0.15) is 0 Å². The number of rotatable bonds is 4. The topological polar surface area (TPSA) is 50.8 Å². The lowest BCUT2D eigenvalue weighted by Crippen LogP contribution is -2.53. The Kier molecular flexibility index (Phi) is 5.61. The summed E-state index contributed by atoms with van der Waals surface area (Å²) in [6.45, 7) is 1.97. The van der Waals surface area contributed by atoms with Crippen molar-refractivity contribution in [1.82, 2.24) is 10.2 Å². The molecule has 3 aliphatic rings. The van der Waals surface area contributed by atoms with Crippen LogP contribution in [0.5, 0.6) is 11.5 Å². The second-order valence-electron chi connectivity index (χ2n) is 9.24. The molecule has 2 aliphatic heterocycles. The molecule has 2 heterocycles. The first-order chi connectivity index (χ1) is 15.1. The maximum Gasteiger partial charge on any atom is 0.223 e. The third-order valence-electron chi connectivity index (χ3n) is 7.44. The van der Waals surface area contributed by atoms with E-state index in [2.05, 4.69) is 46.6 Å². The van der Waals surface area contributed by atoms with Crippen LogP contribution in [0.25, 0.3) is 0 Å². The molecule has 2 aromatic rings. The first-order valence-corrected chi connectivity index (χ1v) is 11.5. The number of carbonyl (C=O) groups is 1. The van der Waals surface area contributed by atoms with Crippen molar-refractivity contribution in [2.45, 2.75) is 57.2 Å². The molecule has 2 aromatic carbocycles. The Morgan fingerprint density at radius 3 is 2.48 bits per heavy atom. The minimum Gasteiger partial charge on any atom is -0.493 e. The zero-order chi connectivity index (χ0) is 21.4. The summed E-state index contributed by atoms with van der Waals surface area (Å²) in [6.07, 6.45) is 5.88. The van der Waals surface area contributed by atoms with Gasteiger partial charge < -0.3 is 14.8 Å².